The molecule has 2 rings (SSSR count). The van der Waals surface area contributed by atoms with E-state index in [9.17, 15) is 18.0 Å². The number of benzene rings is 2. The number of anilines is 1. The van der Waals surface area contributed by atoms with Gasteiger partial charge in [0.05, 0.1) is 11.9 Å². The smallest absolute Gasteiger partial charge is 0.242 e. The number of nitrogens with zero attached hydrogens (tertiary/aromatic N) is 2. The SMILES string of the molecule is CCCNC(=O)C(CC)N(Cc1ccccc1Cl)C(=O)CCCN(c1ccc(CC)cc1)S(C)(=O)=O. The summed E-state index contributed by atoms with van der Waals surface area (Å²) >= 11 is 6.36. The van der Waals surface area contributed by atoms with Gasteiger partial charge in [-0.3, -0.25) is 13.9 Å². The Morgan fingerprint density at radius 1 is 1.03 bits per heavy atom. The predicted octanol–water partition coefficient (Wildman–Crippen LogP) is 4.78. The summed E-state index contributed by atoms with van der Waals surface area (Å²) in [5, 5.41) is 3.42. The summed E-state index contributed by atoms with van der Waals surface area (Å²) in [7, 11) is -3.53. The average molecular weight is 536 g/mol. The van der Waals surface area contributed by atoms with Crippen LogP contribution in [-0.2, 0) is 32.6 Å². The maximum atomic E-state index is 13.4. The Labute approximate surface area is 220 Å². The largest absolute Gasteiger partial charge is 0.354 e. The van der Waals surface area contributed by atoms with Crippen LogP contribution in [-0.4, -0.2) is 50.5 Å². The summed E-state index contributed by atoms with van der Waals surface area (Å²) in [5.74, 6) is -0.420. The van der Waals surface area contributed by atoms with Crippen molar-refractivity contribution in [3.63, 3.8) is 0 Å². The Morgan fingerprint density at radius 3 is 2.25 bits per heavy atom. The van der Waals surface area contributed by atoms with Crippen molar-refractivity contribution < 1.29 is 18.0 Å². The Bertz CT molecular complexity index is 1110. The number of rotatable bonds is 14. The third-order valence-corrected chi connectivity index (χ3v) is 7.58. The Morgan fingerprint density at radius 2 is 1.69 bits per heavy atom. The summed E-state index contributed by atoms with van der Waals surface area (Å²) in [4.78, 5) is 27.9. The second-order valence-electron chi connectivity index (χ2n) is 8.79. The van der Waals surface area contributed by atoms with Gasteiger partial charge in [0.2, 0.25) is 21.8 Å². The van der Waals surface area contributed by atoms with Crippen molar-refractivity contribution in [3.05, 3.63) is 64.7 Å². The van der Waals surface area contributed by atoms with Crippen molar-refractivity contribution >= 4 is 39.1 Å². The summed E-state index contributed by atoms with van der Waals surface area (Å²) in [5.41, 5.74) is 2.44. The molecule has 9 heteroatoms. The van der Waals surface area contributed by atoms with Gasteiger partial charge in [0.15, 0.2) is 0 Å². The number of amides is 2. The van der Waals surface area contributed by atoms with Crippen molar-refractivity contribution in [1.82, 2.24) is 10.2 Å². The molecular weight excluding hydrogens is 498 g/mol. The molecule has 2 amide bonds. The second-order valence-corrected chi connectivity index (χ2v) is 11.1. The van der Waals surface area contributed by atoms with Crippen LogP contribution < -0.4 is 9.62 Å². The standard InChI is InChI=1S/C27H38ClN3O4S/c1-5-18-29-27(33)25(7-3)30(20-22-11-8-9-12-24(22)28)26(32)13-10-19-31(36(4,34)35)23-16-14-21(6-2)15-17-23/h8-9,11-12,14-17,25H,5-7,10,13,18-20H2,1-4H3,(H,29,33). The molecule has 0 aliphatic rings. The monoisotopic (exact) mass is 535 g/mol. The van der Waals surface area contributed by atoms with E-state index in [4.69, 9.17) is 11.6 Å². The van der Waals surface area contributed by atoms with Gasteiger partial charge in [0.1, 0.15) is 6.04 Å². The highest BCUT2D eigenvalue weighted by Gasteiger charge is 2.29. The van der Waals surface area contributed by atoms with Crippen LogP contribution in [0.4, 0.5) is 5.69 Å². The Hall–Kier alpha value is -2.58. The molecule has 0 bridgehead atoms. The van der Waals surface area contributed by atoms with Crippen LogP contribution in [0.2, 0.25) is 5.02 Å². The number of hydrogen-bond acceptors (Lipinski definition) is 4. The van der Waals surface area contributed by atoms with Crippen LogP contribution in [0.3, 0.4) is 0 Å². The van der Waals surface area contributed by atoms with E-state index in [1.165, 1.54) is 4.31 Å². The van der Waals surface area contributed by atoms with Gasteiger partial charge in [-0.05, 0) is 55.0 Å². The zero-order valence-electron chi connectivity index (χ0n) is 21.7. The molecule has 2 aromatic carbocycles. The topological polar surface area (TPSA) is 86.8 Å². The molecule has 0 aliphatic heterocycles. The van der Waals surface area contributed by atoms with Gasteiger partial charge in [-0.25, -0.2) is 8.42 Å². The quantitative estimate of drug-likeness (QED) is 0.377. The Balaban J connectivity index is 2.20. The summed E-state index contributed by atoms with van der Waals surface area (Å²) in [6.07, 6.45) is 3.68. The zero-order valence-corrected chi connectivity index (χ0v) is 23.2. The molecule has 0 fully saturated rings. The van der Waals surface area contributed by atoms with Gasteiger partial charge in [0.25, 0.3) is 0 Å². The van der Waals surface area contributed by atoms with Gasteiger partial charge in [-0.2, -0.15) is 0 Å². The molecule has 0 saturated carbocycles. The van der Waals surface area contributed by atoms with Crippen LogP contribution in [0.15, 0.2) is 48.5 Å². The highest BCUT2D eigenvalue weighted by Crippen LogP contribution is 2.22. The summed E-state index contributed by atoms with van der Waals surface area (Å²) < 4.78 is 26.3. The van der Waals surface area contributed by atoms with Gasteiger partial charge < -0.3 is 10.2 Å². The highest BCUT2D eigenvalue weighted by atomic mass is 35.5. The molecule has 1 atom stereocenters. The maximum Gasteiger partial charge on any atom is 0.242 e. The Kier molecular flexibility index (Phi) is 11.7. The van der Waals surface area contributed by atoms with E-state index in [2.05, 4.69) is 5.32 Å². The van der Waals surface area contributed by atoms with Gasteiger partial charge >= 0.3 is 0 Å². The molecule has 1 N–H and O–H groups in total. The van der Waals surface area contributed by atoms with E-state index in [0.29, 0.717) is 30.1 Å². The molecular formula is C27H38ClN3O4S. The third-order valence-electron chi connectivity index (χ3n) is 6.02. The molecule has 36 heavy (non-hydrogen) atoms. The first-order chi connectivity index (χ1) is 17.1. The number of nitrogens with one attached hydrogen (secondary N) is 1. The van der Waals surface area contributed by atoms with Crippen LogP contribution in [0.25, 0.3) is 0 Å². The van der Waals surface area contributed by atoms with Gasteiger partial charge in [-0.15, -0.1) is 0 Å². The summed E-state index contributed by atoms with van der Waals surface area (Å²) in [6.45, 7) is 6.77. The molecule has 198 valence electrons. The van der Waals surface area contributed by atoms with Crippen molar-refractivity contribution in [2.45, 2.75) is 65.5 Å². The van der Waals surface area contributed by atoms with E-state index < -0.39 is 16.1 Å². The first-order valence-electron chi connectivity index (χ1n) is 12.5. The van der Waals surface area contributed by atoms with E-state index in [0.717, 1.165) is 30.2 Å². The lowest BCUT2D eigenvalue weighted by atomic mass is 10.1. The lowest BCUT2D eigenvalue weighted by Crippen LogP contribution is -2.49. The van der Waals surface area contributed by atoms with Gasteiger partial charge in [-0.1, -0.05) is 62.7 Å². The molecule has 0 aromatic heterocycles. The van der Waals surface area contributed by atoms with Crippen LogP contribution >= 0.6 is 11.6 Å². The molecule has 0 radical (unpaired) electrons. The third kappa shape index (κ3) is 8.52. The van der Waals surface area contributed by atoms with Crippen LogP contribution in [0.1, 0.15) is 57.6 Å². The average Bonchev–Trinajstić information content (AvgIpc) is 2.85. The number of aryl methyl sites for hydroxylation is 1. The van der Waals surface area contributed by atoms with E-state index in [-0.39, 0.29) is 31.3 Å². The minimum Gasteiger partial charge on any atom is -0.354 e. The van der Waals surface area contributed by atoms with Crippen molar-refractivity contribution in [2.75, 3.05) is 23.7 Å². The number of sulfonamides is 1. The molecule has 0 aliphatic carbocycles. The van der Waals surface area contributed by atoms with E-state index in [1.807, 2.05) is 51.1 Å². The highest BCUT2D eigenvalue weighted by molar-refractivity contribution is 7.92. The lowest BCUT2D eigenvalue weighted by molar-refractivity contribution is -0.141. The zero-order chi connectivity index (χ0) is 26.7. The molecule has 0 spiro atoms. The van der Waals surface area contributed by atoms with Crippen LogP contribution in [0, 0.1) is 0 Å². The first kappa shape index (κ1) is 29.6. The second kappa shape index (κ2) is 14.2. The number of halogens is 1. The first-order valence-corrected chi connectivity index (χ1v) is 14.7. The maximum absolute atomic E-state index is 13.4. The molecule has 1 unspecified atom stereocenters. The van der Waals surface area contributed by atoms with Crippen molar-refractivity contribution in [1.29, 1.82) is 0 Å². The molecule has 0 saturated heterocycles. The fourth-order valence-electron chi connectivity index (χ4n) is 4.00. The molecule has 7 nitrogen and oxygen atoms in total. The minimum atomic E-state index is -3.53. The van der Waals surface area contributed by atoms with Crippen LogP contribution in [0.5, 0.6) is 0 Å². The lowest BCUT2D eigenvalue weighted by Gasteiger charge is -2.31. The number of carbonyl (C=O) groups excluding carboxylic acids is 2. The van der Waals surface area contributed by atoms with Crippen molar-refractivity contribution in [3.8, 4) is 0 Å². The van der Waals surface area contributed by atoms with E-state index in [1.54, 1.807) is 23.1 Å². The molecule has 0 heterocycles. The fraction of sp³-hybridized carbons (Fsp3) is 0.481. The minimum absolute atomic E-state index is 0.0983. The van der Waals surface area contributed by atoms with Gasteiger partial charge in [0, 0.05) is 31.1 Å². The summed E-state index contributed by atoms with van der Waals surface area (Å²) in [6, 6.07) is 14.0. The predicted molar refractivity (Wildman–Crippen MR) is 147 cm³/mol. The number of hydrogen-bond donors (Lipinski definition) is 1. The molecule has 2 aromatic rings. The normalized spacial score (nSPS) is 12.1. The fourth-order valence-corrected chi connectivity index (χ4v) is 5.16. The van der Waals surface area contributed by atoms with Crippen molar-refractivity contribution in [2.24, 2.45) is 0 Å². The number of carbonyl (C=O) groups is 2. The van der Waals surface area contributed by atoms with E-state index >= 15 is 0 Å².